The molecular formula is C15H13FN4OS2. The van der Waals surface area contributed by atoms with Crippen molar-refractivity contribution in [2.24, 2.45) is 0 Å². The highest BCUT2D eigenvalue weighted by Gasteiger charge is 2.07. The monoisotopic (exact) mass is 348 g/mol. The Morgan fingerprint density at radius 3 is 2.13 bits per heavy atom. The molecule has 0 spiro atoms. The van der Waals surface area contributed by atoms with Gasteiger partial charge in [0, 0.05) is 11.3 Å². The van der Waals surface area contributed by atoms with Gasteiger partial charge in [-0.2, -0.15) is 0 Å². The lowest BCUT2D eigenvalue weighted by atomic mass is 10.2. The lowest BCUT2D eigenvalue weighted by Gasteiger charge is -2.13. The van der Waals surface area contributed by atoms with E-state index in [0.29, 0.717) is 5.56 Å². The average Bonchev–Trinajstić information content (AvgIpc) is 2.54. The molecule has 0 aliphatic rings. The lowest BCUT2D eigenvalue weighted by Crippen LogP contribution is -2.49. The van der Waals surface area contributed by atoms with E-state index < -0.39 is 11.7 Å². The Morgan fingerprint density at radius 2 is 1.48 bits per heavy atom. The van der Waals surface area contributed by atoms with E-state index in [9.17, 15) is 9.18 Å². The normalized spacial score (nSPS) is 9.61. The predicted octanol–water partition coefficient (Wildman–Crippen LogP) is 2.33. The third-order valence-electron chi connectivity index (χ3n) is 2.65. The van der Waals surface area contributed by atoms with E-state index in [4.69, 9.17) is 24.4 Å². The molecule has 0 aromatic heterocycles. The molecule has 0 heterocycles. The zero-order chi connectivity index (χ0) is 16.7. The third kappa shape index (κ3) is 5.61. The maximum Gasteiger partial charge on any atom is 0.257 e. The van der Waals surface area contributed by atoms with Gasteiger partial charge in [0.1, 0.15) is 5.82 Å². The van der Waals surface area contributed by atoms with Gasteiger partial charge in [-0.3, -0.25) is 21.0 Å². The van der Waals surface area contributed by atoms with Crippen LogP contribution in [0.5, 0.6) is 0 Å². The smallest absolute Gasteiger partial charge is 0.257 e. The molecule has 0 radical (unpaired) electrons. The van der Waals surface area contributed by atoms with Crippen LogP contribution in [0, 0.1) is 5.82 Å². The van der Waals surface area contributed by atoms with Crippen molar-refractivity contribution in [3.63, 3.8) is 0 Å². The van der Waals surface area contributed by atoms with Crippen molar-refractivity contribution < 1.29 is 9.18 Å². The highest BCUT2D eigenvalue weighted by Crippen LogP contribution is 2.04. The van der Waals surface area contributed by atoms with E-state index in [0.717, 1.165) is 5.69 Å². The Hall–Kier alpha value is -2.58. The Bertz CT molecular complexity index is 707. The summed E-state index contributed by atoms with van der Waals surface area (Å²) in [6.45, 7) is 0. The Morgan fingerprint density at radius 1 is 0.870 bits per heavy atom. The van der Waals surface area contributed by atoms with E-state index in [2.05, 4.69) is 21.5 Å². The Labute approximate surface area is 143 Å². The molecule has 0 aliphatic carbocycles. The van der Waals surface area contributed by atoms with Gasteiger partial charge in [0.05, 0.1) is 0 Å². The van der Waals surface area contributed by atoms with Gasteiger partial charge in [0.15, 0.2) is 10.2 Å². The van der Waals surface area contributed by atoms with Gasteiger partial charge in [-0.15, -0.1) is 0 Å². The fourth-order valence-corrected chi connectivity index (χ4v) is 1.92. The van der Waals surface area contributed by atoms with Crippen LogP contribution in [0.2, 0.25) is 0 Å². The first-order valence-corrected chi connectivity index (χ1v) is 7.35. The number of hydrazine groups is 1. The maximum absolute atomic E-state index is 12.8. The van der Waals surface area contributed by atoms with Crippen LogP contribution in [0.1, 0.15) is 10.4 Å². The molecule has 0 saturated heterocycles. The highest BCUT2D eigenvalue weighted by atomic mass is 32.1. The summed E-state index contributed by atoms with van der Waals surface area (Å²) in [5.41, 5.74) is 6.34. The molecule has 23 heavy (non-hydrogen) atoms. The van der Waals surface area contributed by atoms with Gasteiger partial charge in [-0.25, -0.2) is 4.39 Å². The molecular weight excluding hydrogens is 335 g/mol. The second-order valence-corrected chi connectivity index (χ2v) is 5.18. The Balaban J connectivity index is 1.77. The molecule has 0 aliphatic heterocycles. The predicted molar refractivity (Wildman–Crippen MR) is 95.4 cm³/mol. The Kier molecular flexibility index (Phi) is 5.95. The van der Waals surface area contributed by atoms with E-state index in [-0.39, 0.29) is 10.2 Å². The first kappa shape index (κ1) is 16.8. The van der Waals surface area contributed by atoms with Gasteiger partial charge in [0.2, 0.25) is 0 Å². The first-order chi connectivity index (χ1) is 11.0. The van der Waals surface area contributed by atoms with Crippen LogP contribution in [-0.2, 0) is 0 Å². The summed E-state index contributed by atoms with van der Waals surface area (Å²) in [5.74, 6) is -0.868. The zero-order valence-corrected chi connectivity index (χ0v) is 13.4. The van der Waals surface area contributed by atoms with Crippen LogP contribution >= 0.6 is 24.4 Å². The average molecular weight is 348 g/mol. The molecule has 2 aromatic carbocycles. The molecule has 2 rings (SSSR count). The van der Waals surface area contributed by atoms with Crippen molar-refractivity contribution in [1.29, 1.82) is 0 Å². The number of para-hydroxylation sites is 1. The van der Waals surface area contributed by atoms with E-state index in [1.165, 1.54) is 24.3 Å². The molecule has 5 nitrogen and oxygen atoms in total. The second-order valence-electron chi connectivity index (χ2n) is 4.36. The fraction of sp³-hybridized carbons (Fsp3) is 0. The van der Waals surface area contributed by atoms with Crippen molar-refractivity contribution >= 4 is 46.3 Å². The lowest BCUT2D eigenvalue weighted by molar-refractivity contribution is 0.0976. The summed E-state index contributed by atoms with van der Waals surface area (Å²) >= 11 is 10.0. The topological polar surface area (TPSA) is 65.2 Å². The molecule has 0 unspecified atom stereocenters. The summed E-state index contributed by atoms with van der Waals surface area (Å²) < 4.78 is 12.8. The number of nitrogens with one attached hydrogen (secondary N) is 4. The number of carbonyl (C=O) groups excluding carboxylic acids is 1. The number of hydrogen-bond donors (Lipinski definition) is 4. The van der Waals surface area contributed by atoms with Crippen LogP contribution in [0.15, 0.2) is 54.6 Å². The van der Waals surface area contributed by atoms with Gasteiger partial charge in [0.25, 0.3) is 5.91 Å². The van der Waals surface area contributed by atoms with Crippen LogP contribution in [0.3, 0.4) is 0 Å². The van der Waals surface area contributed by atoms with Crippen molar-refractivity contribution in [3.05, 3.63) is 66.0 Å². The quantitative estimate of drug-likeness (QED) is 0.494. The van der Waals surface area contributed by atoms with Gasteiger partial charge in [-0.05, 0) is 60.8 Å². The molecule has 0 bridgehead atoms. The van der Waals surface area contributed by atoms with Gasteiger partial charge in [-0.1, -0.05) is 18.2 Å². The number of benzene rings is 2. The molecule has 8 heteroatoms. The van der Waals surface area contributed by atoms with Crippen molar-refractivity contribution in [2.75, 3.05) is 5.32 Å². The highest BCUT2D eigenvalue weighted by molar-refractivity contribution is 7.80. The summed E-state index contributed by atoms with van der Waals surface area (Å²) in [5, 5.41) is 5.70. The number of thiocarbonyl (C=S) groups is 2. The molecule has 118 valence electrons. The standard InChI is InChI=1S/C15H13FN4OS2/c16-11-8-6-10(7-9-11)13(21)18-15(23)20-19-14(22)17-12-4-2-1-3-5-12/h1-9H,(H2,17,19,22)(H2,18,20,21,23). The van der Waals surface area contributed by atoms with E-state index in [1.54, 1.807) is 0 Å². The second kappa shape index (κ2) is 8.16. The van der Waals surface area contributed by atoms with Crippen LogP contribution in [0.4, 0.5) is 10.1 Å². The zero-order valence-electron chi connectivity index (χ0n) is 11.8. The first-order valence-electron chi connectivity index (χ1n) is 6.53. The number of halogens is 1. The summed E-state index contributed by atoms with van der Waals surface area (Å²) in [6, 6.07) is 14.4. The largest absolute Gasteiger partial charge is 0.331 e. The van der Waals surface area contributed by atoms with Crippen LogP contribution < -0.4 is 21.5 Å². The van der Waals surface area contributed by atoms with Gasteiger partial charge < -0.3 is 5.32 Å². The number of hydrogen-bond acceptors (Lipinski definition) is 3. The fourth-order valence-electron chi connectivity index (χ4n) is 1.61. The van der Waals surface area contributed by atoms with Crippen molar-refractivity contribution in [1.82, 2.24) is 16.2 Å². The van der Waals surface area contributed by atoms with Crippen LogP contribution in [-0.4, -0.2) is 16.1 Å². The minimum Gasteiger partial charge on any atom is -0.331 e. The summed E-state index contributed by atoms with van der Waals surface area (Å²) in [4.78, 5) is 11.9. The van der Waals surface area contributed by atoms with E-state index in [1.807, 2.05) is 30.3 Å². The minimum atomic E-state index is -0.453. The number of amides is 1. The molecule has 4 N–H and O–H groups in total. The number of carbonyl (C=O) groups is 1. The van der Waals surface area contributed by atoms with Crippen LogP contribution in [0.25, 0.3) is 0 Å². The van der Waals surface area contributed by atoms with Crippen molar-refractivity contribution in [2.45, 2.75) is 0 Å². The third-order valence-corrected chi connectivity index (χ3v) is 3.06. The maximum atomic E-state index is 12.8. The molecule has 0 saturated carbocycles. The summed E-state index contributed by atoms with van der Waals surface area (Å²) in [7, 11) is 0. The van der Waals surface area contributed by atoms with E-state index >= 15 is 0 Å². The minimum absolute atomic E-state index is 0.0385. The number of anilines is 1. The SMILES string of the molecule is O=C(NC(=S)NNC(=S)Nc1ccccc1)c1ccc(F)cc1. The van der Waals surface area contributed by atoms with Crippen molar-refractivity contribution in [3.8, 4) is 0 Å². The number of rotatable bonds is 2. The molecule has 0 fully saturated rings. The molecule has 2 aromatic rings. The molecule has 1 amide bonds. The summed E-state index contributed by atoms with van der Waals surface area (Å²) in [6.07, 6.45) is 0. The molecule has 0 atom stereocenters. The van der Waals surface area contributed by atoms with Gasteiger partial charge >= 0.3 is 0 Å².